The summed E-state index contributed by atoms with van der Waals surface area (Å²) in [6.45, 7) is 2.24. The smallest absolute Gasteiger partial charge is 0.272 e. The van der Waals surface area contributed by atoms with E-state index in [4.69, 9.17) is 34.8 Å². The van der Waals surface area contributed by atoms with Gasteiger partial charge in [-0.2, -0.15) is 5.10 Å². The zero-order valence-corrected chi connectivity index (χ0v) is 18.2. The molecule has 1 N–H and O–H groups in total. The fourth-order valence-electron chi connectivity index (χ4n) is 3.15. The molecule has 5 nitrogen and oxygen atoms in total. The van der Waals surface area contributed by atoms with Gasteiger partial charge in [0.05, 0.1) is 15.7 Å². The second-order valence-corrected chi connectivity index (χ2v) is 7.96. The predicted octanol–water partition coefficient (Wildman–Crippen LogP) is 5.86. The number of hydrogen-bond acceptors (Lipinski definition) is 2. The van der Waals surface area contributed by atoms with E-state index in [1.165, 1.54) is 0 Å². The van der Waals surface area contributed by atoms with Crippen LogP contribution in [0.3, 0.4) is 0 Å². The summed E-state index contributed by atoms with van der Waals surface area (Å²) in [5, 5.41) is 9.03. The molecule has 2 aromatic carbocycles. The third-order valence-corrected chi connectivity index (χ3v) is 5.66. The lowest BCUT2D eigenvalue weighted by molar-refractivity contribution is 0.0945. The van der Waals surface area contributed by atoms with Crippen molar-refractivity contribution in [1.29, 1.82) is 0 Å². The van der Waals surface area contributed by atoms with Crippen LogP contribution in [0.25, 0.3) is 11.5 Å². The van der Waals surface area contributed by atoms with E-state index in [2.05, 4.69) is 10.4 Å². The molecule has 152 valence electrons. The Morgan fingerprint density at radius 3 is 2.37 bits per heavy atom. The first-order chi connectivity index (χ1) is 14.4. The lowest BCUT2D eigenvalue weighted by atomic mass is 10.2. The van der Waals surface area contributed by atoms with Crippen LogP contribution >= 0.6 is 34.8 Å². The molecular formula is C22H17Cl3N4O. The Labute approximate surface area is 188 Å². The highest BCUT2D eigenvalue weighted by Gasteiger charge is 2.22. The molecule has 0 aliphatic carbocycles. The third-order valence-electron chi connectivity index (χ3n) is 4.67. The Kier molecular flexibility index (Phi) is 5.86. The average Bonchev–Trinajstić information content (AvgIpc) is 3.37. The largest absolute Gasteiger partial charge is 0.347 e. The van der Waals surface area contributed by atoms with Gasteiger partial charge in [-0.3, -0.25) is 4.79 Å². The van der Waals surface area contributed by atoms with E-state index < -0.39 is 0 Å². The van der Waals surface area contributed by atoms with Crippen LogP contribution in [0.15, 0.2) is 67.0 Å². The molecule has 1 amide bonds. The molecule has 0 fully saturated rings. The standard InChI is InChI=1S/C22H17Cl3N4O/c1-14-20(21(30)26-13-15-4-6-16(23)7-5-15)27-29(22(14)28-10-2-3-11-28)17-8-9-18(24)19(25)12-17/h2-12H,13H2,1H3,(H,26,30). The van der Waals surface area contributed by atoms with Crippen LogP contribution in [-0.2, 0) is 6.54 Å². The van der Waals surface area contributed by atoms with Crippen molar-refractivity contribution in [2.45, 2.75) is 13.5 Å². The lowest BCUT2D eigenvalue weighted by Gasteiger charge is -2.10. The summed E-state index contributed by atoms with van der Waals surface area (Å²) in [5.74, 6) is 0.477. The van der Waals surface area contributed by atoms with Gasteiger partial charge < -0.3 is 9.88 Å². The molecule has 0 saturated heterocycles. The van der Waals surface area contributed by atoms with E-state index in [1.54, 1.807) is 28.9 Å². The molecule has 0 aliphatic heterocycles. The molecule has 4 rings (SSSR count). The van der Waals surface area contributed by atoms with E-state index in [9.17, 15) is 4.79 Å². The van der Waals surface area contributed by atoms with Crippen molar-refractivity contribution in [3.8, 4) is 11.5 Å². The lowest BCUT2D eigenvalue weighted by Crippen LogP contribution is -2.24. The molecule has 0 saturated carbocycles. The van der Waals surface area contributed by atoms with Gasteiger partial charge in [0.2, 0.25) is 0 Å². The molecule has 2 aromatic heterocycles. The molecule has 4 aromatic rings. The molecule has 8 heteroatoms. The normalized spacial score (nSPS) is 10.9. The van der Waals surface area contributed by atoms with Crippen molar-refractivity contribution in [1.82, 2.24) is 19.7 Å². The van der Waals surface area contributed by atoms with Crippen molar-refractivity contribution in [2.75, 3.05) is 0 Å². The second-order valence-electron chi connectivity index (χ2n) is 6.71. The zero-order valence-electron chi connectivity index (χ0n) is 15.9. The zero-order chi connectivity index (χ0) is 21.3. The average molecular weight is 460 g/mol. The number of carbonyl (C=O) groups excluding carboxylic acids is 1. The van der Waals surface area contributed by atoms with Gasteiger partial charge in [-0.15, -0.1) is 0 Å². The molecule has 0 unspecified atom stereocenters. The summed E-state index contributed by atoms with van der Waals surface area (Å²) in [6, 6.07) is 16.4. The summed E-state index contributed by atoms with van der Waals surface area (Å²) in [5.41, 5.74) is 2.72. The molecule has 0 radical (unpaired) electrons. The number of nitrogens with one attached hydrogen (secondary N) is 1. The molecule has 2 heterocycles. The predicted molar refractivity (Wildman–Crippen MR) is 120 cm³/mol. The molecule has 0 atom stereocenters. The maximum absolute atomic E-state index is 12.9. The van der Waals surface area contributed by atoms with Gasteiger partial charge in [0, 0.05) is 29.5 Å². The SMILES string of the molecule is Cc1c(C(=O)NCc2ccc(Cl)cc2)nn(-c2ccc(Cl)c(Cl)c2)c1-n1cccc1. The van der Waals surface area contributed by atoms with Gasteiger partial charge in [-0.1, -0.05) is 46.9 Å². The van der Waals surface area contributed by atoms with Gasteiger partial charge in [-0.05, 0) is 55.0 Å². The van der Waals surface area contributed by atoms with Gasteiger partial charge in [0.1, 0.15) is 5.82 Å². The first kappa shape index (κ1) is 20.5. The quantitative estimate of drug-likeness (QED) is 0.406. The fraction of sp³-hybridized carbons (Fsp3) is 0.0909. The number of halogens is 3. The third kappa shape index (κ3) is 4.10. The van der Waals surface area contributed by atoms with Gasteiger partial charge in [-0.25, -0.2) is 4.68 Å². The van der Waals surface area contributed by atoms with E-state index >= 15 is 0 Å². The highest BCUT2D eigenvalue weighted by Crippen LogP contribution is 2.28. The minimum absolute atomic E-state index is 0.269. The highest BCUT2D eigenvalue weighted by molar-refractivity contribution is 6.42. The summed E-state index contributed by atoms with van der Waals surface area (Å²) >= 11 is 18.2. The van der Waals surface area contributed by atoms with Crippen molar-refractivity contribution in [3.63, 3.8) is 0 Å². The number of nitrogens with zero attached hydrogens (tertiary/aromatic N) is 3. The summed E-state index contributed by atoms with van der Waals surface area (Å²) in [4.78, 5) is 12.9. The Hall–Kier alpha value is -2.73. The Morgan fingerprint density at radius 1 is 1.00 bits per heavy atom. The Bertz CT molecular complexity index is 1200. The van der Waals surface area contributed by atoms with Crippen molar-refractivity contribution < 1.29 is 4.79 Å². The highest BCUT2D eigenvalue weighted by atomic mass is 35.5. The van der Waals surface area contributed by atoms with E-state index in [-0.39, 0.29) is 5.91 Å². The van der Waals surface area contributed by atoms with Crippen LogP contribution in [0.5, 0.6) is 0 Å². The van der Waals surface area contributed by atoms with Crippen LogP contribution < -0.4 is 5.32 Å². The Morgan fingerprint density at radius 2 is 1.70 bits per heavy atom. The second kappa shape index (κ2) is 8.56. The molecule has 30 heavy (non-hydrogen) atoms. The topological polar surface area (TPSA) is 51.9 Å². The van der Waals surface area contributed by atoms with Gasteiger partial charge in [0.15, 0.2) is 5.69 Å². The van der Waals surface area contributed by atoms with Gasteiger partial charge >= 0.3 is 0 Å². The van der Waals surface area contributed by atoms with Crippen LogP contribution in [0.2, 0.25) is 15.1 Å². The van der Waals surface area contributed by atoms with Crippen molar-refractivity contribution in [2.24, 2.45) is 0 Å². The fourth-order valence-corrected chi connectivity index (χ4v) is 3.57. The molecule has 0 bridgehead atoms. The van der Waals surface area contributed by atoms with Crippen molar-refractivity contribution in [3.05, 3.63) is 98.9 Å². The summed E-state index contributed by atoms with van der Waals surface area (Å²) in [6.07, 6.45) is 3.79. The molecular weight excluding hydrogens is 443 g/mol. The maximum atomic E-state index is 12.9. The molecule has 0 spiro atoms. The number of hydrogen-bond donors (Lipinski definition) is 1. The van der Waals surface area contributed by atoms with E-state index in [1.807, 2.05) is 54.2 Å². The Balaban J connectivity index is 1.70. The minimum Gasteiger partial charge on any atom is -0.347 e. The van der Waals surface area contributed by atoms with Gasteiger partial charge in [0.25, 0.3) is 5.91 Å². The first-order valence-electron chi connectivity index (χ1n) is 9.15. The van der Waals surface area contributed by atoms with Crippen LogP contribution in [0, 0.1) is 6.92 Å². The van der Waals surface area contributed by atoms with Crippen LogP contribution in [0.4, 0.5) is 0 Å². The number of rotatable bonds is 5. The number of carbonyl (C=O) groups is 1. The maximum Gasteiger partial charge on any atom is 0.272 e. The summed E-state index contributed by atoms with van der Waals surface area (Å²) < 4.78 is 3.59. The summed E-state index contributed by atoms with van der Waals surface area (Å²) in [7, 11) is 0. The van der Waals surface area contributed by atoms with Crippen LogP contribution in [0.1, 0.15) is 21.6 Å². The number of aromatic nitrogens is 3. The monoisotopic (exact) mass is 458 g/mol. The van der Waals surface area contributed by atoms with E-state index in [0.717, 1.165) is 16.9 Å². The number of amides is 1. The van der Waals surface area contributed by atoms with Crippen LogP contribution in [-0.4, -0.2) is 20.3 Å². The first-order valence-corrected chi connectivity index (χ1v) is 10.3. The molecule has 0 aliphatic rings. The minimum atomic E-state index is -0.269. The number of benzene rings is 2. The van der Waals surface area contributed by atoms with E-state index in [0.29, 0.717) is 33.0 Å². The van der Waals surface area contributed by atoms with Crippen molar-refractivity contribution >= 4 is 40.7 Å².